The van der Waals surface area contributed by atoms with Crippen LogP contribution in [0.4, 0.5) is 0 Å². The van der Waals surface area contributed by atoms with Crippen molar-refractivity contribution in [2.45, 2.75) is 10.1 Å². The summed E-state index contributed by atoms with van der Waals surface area (Å²) >= 11 is 6.52. The zero-order valence-electron chi connectivity index (χ0n) is 15.9. The van der Waals surface area contributed by atoms with Crippen LogP contribution >= 0.6 is 39.5 Å². The topological polar surface area (TPSA) is 81.0 Å². The van der Waals surface area contributed by atoms with Crippen LogP contribution in [0.25, 0.3) is 21.8 Å². The van der Waals surface area contributed by atoms with Crippen LogP contribution in [0.1, 0.15) is 0 Å². The number of hydrogen-bond donors (Lipinski definition) is 1. The Labute approximate surface area is 185 Å². The lowest BCUT2D eigenvalue weighted by atomic mass is 10.2. The fourth-order valence-corrected chi connectivity index (χ4v) is 3.86. The molecule has 0 bridgehead atoms. The Morgan fingerprint density at radius 1 is 0.862 bits per heavy atom. The maximum Gasteiger partial charge on any atom is 0.121 e. The number of aromatic nitrogens is 4. The Balaban J connectivity index is 0.000000169. The van der Waals surface area contributed by atoms with Crippen LogP contribution in [0.3, 0.4) is 0 Å². The SMILES string of the molecule is CSc1ncnc2cc(O)ccc12.CSc1ncnc2cc(OCCBr)ccc12. The van der Waals surface area contributed by atoms with Gasteiger partial charge in [-0.3, -0.25) is 0 Å². The minimum Gasteiger partial charge on any atom is -0.508 e. The molecule has 0 saturated heterocycles. The summed E-state index contributed by atoms with van der Waals surface area (Å²) < 4.78 is 5.52. The third-order valence-corrected chi connectivity index (χ3v) is 5.64. The number of alkyl halides is 1. The van der Waals surface area contributed by atoms with Crippen molar-refractivity contribution in [3.05, 3.63) is 49.1 Å². The molecule has 9 heteroatoms. The number of aromatic hydroxyl groups is 1. The molecule has 4 rings (SSSR count). The van der Waals surface area contributed by atoms with Crippen molar-refractivity contribution in [2.24, 2.45) is 0 Å². The van der Waals surface area contributed by atoms with Crippen LogP contribution in [-0.2, 0) is 0 Å². The average Bonchev–Trinajstić information content (AvgIpc) is 2.76. The Kier molecular flexibility index (Phi) is 7.91. The summed E-state index contributed by atoms with van der Waals surface area (Å²) in [6.45, 7) is 0.659. The Morgan fingerprint density at radius 2 is 1.45 bits per heavy atom. The fourth-order valence-electron chi connectivity index (χ4n) is 2.60. The molecule has 4 aromatic rings. The van der Waals surface area contributed by atoms with E-state index < -0.39 is 0 Å². The summed E-state index contributed by atoms with van der Waals surface area (Å²) in [5, 5.41) is 14.0. The maximum atomic E-state index is 9.23. The predicted octanol–water partition coefficient (Wildman–Crippen LogP) is 5.18. The number of halogens is 1. The van der Waals surface area contributed by atoms with Crippen LogP contribution in [0.5, 0.6) is 11.5 Å². The van der Waals surface area contributed by atoms with Crippen molar-refractivity contribution < 1.29 is 9.84 Å². The standard InChI is InChI=1S/C11H11BrN2OS.C9H8N2OS/c1-16-11-9-3-2-8(15-5-4-12)6-10(9)13-7-14-11;1-13-9-7-3-2-6(12)4-8(7)10-5-11-9/h2-3,6-7H,4-5H2,1H3;2-5,12H,1H3. The van der Waals surface area contributed by atoms with Gasteiger partial charge in [-0.05, 0) is 36.8 Å². The summed E-state index contributed by atoms with van der Waals surface area (Å²) in [5.41, 5.74) is 1.70. The minimum absolute atomic E-state index is 0.234. The van der Waals surface area contributed by atoms with Crippen molar-refractivity contribution in [1.29, 1.82) is 0 Å². The van der Waals surface area contributed by atoms with Gasteiger partial charge in [0.25, 0.3) is 0 Å². The molecule has 0 atom stereocenters. The van der Waals surface area contributed by atoms with E-state index in [-0.39, 0.29) is 5.75 Å². The number of rotatable bonds is 5. The largest absolute Gasteiger partial charge is 0.508 e. The van der Waals surface area contributed by atoms with Crippen LogP contribution in [0.2, 0.25) is 0 Å². The molecule has 0 radical (unpaired) electrons. The highest BCUT2D eigenvalue weighted by atomic mass is 79.9. The van der Waals surface area contributed by atoms with Gasteiger partial charge in [0.15, 0.2) is 0 Å². The van der Waals surface area contributed by atoms with Gasteiger partial charge in [0.05, 0.1) is 17.6 Å². The molecule has 29 heavy (non-hydrogen) atoms. The smallest absolute Gasteiger partial charge is 0.121 e. The monoisotopic (exact) mass is 490 g/mol. The predicted molar refractivity (Wildman–Crippen MR) is 124 cm³/mol. The molecule has 0 aliphatic heterocycles. The van der Waals surface area contributed by atoms with Gasteiger partial charge in [0.1, 0.15) is 34.2 Å². The minimum atomic E-state index is 0.234. The second-order valence-electron chi connectivity index (χ2n) is 5.68. The first-order chi connectivity index (χ1) is 14.2. The van der Waals surface area contributed by atoms with Gasteiger partial charge in [-0.25, -0.2) is 19.9 Å². The number of phenolic OH excluding ortho intramolecular Hbond substituents is 1. The molecule has 6 nitrogen and oxygen atoms in total. The van der Waals surface area contributed by atoms with E-state index in [1.807, 2.05) is 36.8 Å². The van der Waals surface area contributed by atoms with Crippen molar-refractivity contribution in [1.82, 2.24) is 19.9 Å². The van der Waals surface area contributed by atoms with Gasteiger partial charge in [0.2, 0.25) is 0 Å². The van der Waals surface area contributed by atoms with E-state index in [9.17, 15) is 5.11 Å². The van der Waals surface area contributed by atoms with E-state index in [1.54, 1.807) is 42.0 Å². The van der Waals surface area contributed by atoms with Crippen molar-refractivity contribution >= 4 is 61.3 Å². The van der Waals surface area contributed by atoms with Gasteiger partial charge in [-0.1, -0.05) is 15.9 Å². The first-order valence-electron chi connectivity index (χ1n) is 8.61. The molecular weight excluding hydrogens is 472 g/mol. The van der Waals surface area contributed by atoms with E-state index in [1.165, 1.54) is 6.33 Å². The summed E-state index contributed by atoms with van der Waals surface area (Å²) in [4.78, 5) is 16.7. The Morgan fingerprint density at radius 3 is 2.03 bits per heavy atom. The number of nitrogens with zero attached hydrogens (tertiary/aromatic N) is 4. The molecule has 2 heterocycles. The molecule has 0 spiro atoms. The lowest BCUT2D eigenvalue weighted by Gasteiger charge is -2.06. The van der Waals surface area contributed by atoms with Crippen molar-refractivity contribution in [2.75, 3.05) is 24.4 Å². The van der Waals surface area contributed by atoms with Crippen LogP contribution in [0.15, 0.2) is 59.1 Å². The summed E-state index contributed by atoms with van der Waals surface area (Å²) in [7, 11) is 0. The number of thioether (sulfide) groups is 2. The third kappa shape index (κ3) is 5.49. The molecule has 0 amide bonds. The highest BCUT2D eigenvalue weighted by molar-refractivity contribution is 9.09. The van der Waals surface area contributed by atoms with Crippen molar-refractivity contribution in [3.63, 3.8) is 0 Å². The van der Waals surface area contributed by atoms with Crippen molar-refractivity contribution in [3.8, 4) is 11.5 Å². The summed E-state index contributed by atoms with van der Waals surface area (Å²) in [5.74, 6) is 1.08. The molecule has 2 aromatic heterocycles. The van der Waals surface area contributed by atoms with E-state index >= 15 is 0 Å². The third-order valence-electron chi connectivity index (χ3n) is 3.89. The molecule has 0 saturated carbocycles. The van der Waals surface area contributed by atoms with Gasteiger partial charge < -0.3 is 9.84 Å². The van der Waals surface area contributed by atoms with Gasteiger partial charge in [-0.15, -0.1) is 23.5 Å². The molecule has 0 unspecified atom stereocenters. The molecule has 0 aliphatic carbocycles. The maximum absolute atomic E-state index is 9.23. The van der Waals surface area contributed by atoms with Crippen LogP contribution in [0, 0.1) is 0 Å². The van der Waals surface area contributed by atoms with Gasteiger partial charge >= 0.3 is 0 Å². The van der Waals surface area contributed by atoms with E-state index in [0.717, 1.165) is 42.9 Å². The Bertz CT molecular complexity index is 1110. The van der Waals surface area contributed by atoms with E-state index in [0.29, 0.717) is 6.61 Å². The zero-order valence-corrected chi connectivity index (χ0v) is 19.1. The lowest BCUT2D eigenvalue weighted by Crippen LogP contribution is -1.97. The molecular formula is C20H19BrN4O2S2. The number of hydrogen-bond acceptors (Lipinski definition) is 8. The molecule has 150 valence electrons. The van der Waals surface area contributed by atoms with E-state index in [2.05, 4.69) is 35.9 Å². The summed E-state index contributed by atoms with van der Waals surface area (Å²) in [6.07, 6.45) is 7.07. The number of phenols is 1. The quantitative estimate of drug-likeness (QED) is 0.232. The highest BCUT2D eigenvalue weighted by Crippen LogP contribution is 2.26. The zero-order chi connectivity index (χ0) is 20.6. The Hall–Kier alpha value is -2.10. The first kappa shape index (κ1) is 21.6. The number of benzene rings is 2. The second kappa shape index (κ2) is 10.6. The van der Waals surface area contributed by atoms with E-state index in [4.69, 9.17) is 4.74 Å². The highest BCUT2D eigenvalue weighted by Gasteiger charge is 2.04. The molecule has 0 aliphatic rings. The van der Waals surface area contributed by atoms with Gasteiger partial charge in [-0.2, -0.15) is 0 Å². The molecule has 0 fully saturated rings. The molecule has 2 aromatic carbocycles. The fraction of sp³-hybridized carbons (Fsp3) is 0.200. The summed E-state index contributed by atoms with van der Waals surface area (Å²) in [6, 6.07) is 11.0. The van der Waals surface area contributed by atoms with Crippen LogP contribution < -0.4 is 4.74 Å². The number of ether oxygens (including phenoxy) is 1. The average molecular weight is 491 g/mol. The molecule has 1 N–H and O–H groups in total. The lowest BCUT2D eigenvalue weighted by molar-refractivity contribution is 0.345. The van der Waals surface area contributed by atoms with Crippen LogP contribution in [-0.4, -0.2) is 49.5 Å². The van der Waals surface area contributed by atoms with Gasteiger partial charge in [0, 0.05) is 28.2 Å². The first-order valence-corrected chi connectivity index (χ1v) is 12.2. The normalized spacial score (nSPS) is 10.6. The second-order valence-corrected chi connectivity index (χ2v) is 8.07. The number of fused-ring (bicyclic) bond motifs is 2.